The van der Waals surface area contributed by atoms with Crippen molar-refractivity contribution in [1.29, 1.82) is 0 Å². The lowest BCUT2D eigenvalue weighted by Crippen LogP contribution is -2.52. The molecule has 168 valence electrons. The third-order valence-electron chi connectivity index (χ3n) is 6.61. The van der Waals surface area contributed by atoms with Gasteiger partial charge in [0, 0.05) is 30.8 Å². The number of benzene rings is 3. The molecule has 0 amide bonds. The minimum absolute atomic E-state index is 0.197. The lowest BCUT2D eigenvalue weighted by molar-refractivity contribution is -0.117. The van der Waals surface area contributed by atoms with Crippen LogP contribution < -0.4 is 0 Å². The van der Waals surface area contributed by atoms with Gasteiger partial charge in [-0.25, -0.2) is 0 Å². The molecule has 1 fully saturated rings. The van der Waals surface area contributed by atoms with Crippen molar-refractivity contribution in [1.82, 2.24) is 9.88 Å². The fraction of sp³-hybridized carbons (Fsp3) is 0.161. The number of hydrogen-bond acceptors (Lipinski definition) is 3. The first kappa shape index (κ1) is 22.0. The van der Waals surface area contributed by atoms with Crippen LogP contribution in [0.3, 0.4) is 0 Å². The maximum absolute atomic E-state index is 13.0. The molecular formula is C31H28N2O. The van der Waals surface area contributed by atoms with Crippen molar-refractivity contribution in [2.45, 2.75) is 18.9 Å². The smallest absolute Gasteiger partial charge is 0.161 e. The summed E-state index contributed by atoms with van der Waals surface area (Å²) in [5.74, 6) is 0.197. The Morgan fingerprint density at radius 1 is 0.735 bits per heavy atom. The van der Waals surface area contributed by atoms with Gasteiger partial charge in [-0.15, -0.1) is 0 Å². The number of Topliss-reactive ketones (excluding diaryl/α,β-unsaturated/α-hetero) is 1. The predicted octanol–water partition coefficient (Wildman–Crippen LogP) is 6.04. The van der Waals surface area contributed by atoms with E-state index >= 15 is 0 Å². The Labute approximate surface area is 201 Å². The van der Waals surface area contributed by atoms with E-state index < -0.39 is 5.54 Å². The molecule has 1 saturated heterocycles. The van der Waals surface area contributed by atoms with E-state index in [0.29, 0.717) is 19.5 Å². The quantitative estimate of drug-likeness (QED) is 0.278. The Morgan fingerprint density at radius 2 is 1.26 bits per heavy atom. The molecular weight excluding hydrogens is 416 g/mol. The van der Waals surface area contributed by atoms with E-state index in [1.807, 2.05) is 31.2 Å². The summed E-state index contributed by atoms with van der Waals surface area (Å²) in [4.78, 5) is 20.1. The Hall–Kier alpha value is -3.82. The first-order chi connectivity index (χ1) is 16.7. The van der Waals surface area contributed by atoms with E-state index in [1.54, 1.807) is 0 Å². The van der Waals surface area contributed by atoms with Crippen LogP contribution in [0.1, 0.15) is 34.5 Å². The molecule has 4 aromatic rings. The molecule has 0 aliphatic carbocycles. The summed E-state index contributed by atoms with van der Waals surface area (Å²) in [5.41, 5.74) is 5.62. The van der Waals surface area contributed by atoms with Gasteiger partial charge < -0.3 is 0 Å². The predicted molar refractivity (Wildman–Crippen MR) is 137 cm³/mol. The zero-order chi connectivity index (χ0) is 23.4. The van der Waals surface area contributed by atoms with E-state index in [4.69, 9.17) is 0 Å². The van der Waals surface area contributed by atoms with Crippen molar-refractivity contribution in [3.63, 3.8) is 0 Å². The number of aromatic nitrogens is 1. The summed E-state index contributed by atoms with van der Waals surface area (Å²) < 4.78 is 0. The molecule has 2 heterocycles. The van der Waals surface area contributed by atoms with Crippen LogP contribution in [0, 0.1) is 6.92 Å². The molecule has 1 aromatic heterocycles. The largest absolute Gasteiger partial charge is 0.294 e. The first-order valence-electron chi connectivity index (χ1n) is 11.8. The van der Waals surface area contributed by atoms with Crippen molar-refractivity contribution in [2.24, 2.45) is 0 Å². The molecule has 1 aliphatic rings. The number of nitrogens with zero attached hydrogens (tertiary/aromatic N) is 2. The normalized spacial score (nSPS) is 16.0. The van der Waals surface area contributed by atoms with Crippen molar-refractivity contribution in [3.8, 4) is 0 Å². The Bertz CT molecular complexity index is 1200. The second-order valence-corrected chi connectivity index (χ2v) is 8.78. The van der Waals surface area contributed by atoms with E-state index in [0.717, 1.165) is 17.0 Å². The number of aryl methyl sites for hydroxylation is 1. The van der Waals surface area contributed by atoms with Crippen LogP contribution in [0.25, 0.3) is 6.08 Å². The molecule has 3 nitrogen and oxygen atoms in total. The number of likely N-dealkylation sites (tertiary alicyclic amines) is 1. The Kier molecular flexibility index (Phi) is 6.20. The van der Waals surface area contributed by atoms with Gasteiger partial charge in [0.15, 0.2) is 5.78 Å². The van der Waals surface area contributed by atoms with Crippen LogP contribution in [0.4, 0.5) is 0 Å². The third kappa shape index (κ3) is 4.11. The molecule has 1 aliphatic heterocycles. The number of hydrogen-bond donors (Lipinski definition) is 0. The van der Waals surface area contributed by atoms with Crippen LogP contribution in [-0.2, 0) is 10.3 Å². The van der Waals surface area contributed by atoms with Gasteiger partial charge in [0.05, 0.1) is 11.2 Å². The highest BCUT2D eigenvalue weighted by atomic mass is 16.1. The zero-order valence-electron chi connectivity index (χ0n) is 19.4. The van der Waals surface area contributed by atoms with Gasteiger partial charge in [-0.1, -0.05) is 97.1 Å². The molecule has 0 saturated carbocycles. The highest BCUT2D eigenvalue weighted by molar-refractivity contribution is 6.00. The zero-order valence-corrected chi connectivity index (χ0v) is 19.4. The van der Waals surface area contributed by atoms with Crippen LogP contribution >= 0.6 is 0 Å². The lowest BCUT2D eigenvalue weighted by Gasteiger charge is -2.47. The maximum Gasteiger partial charge on any atom is 0.161 e. The molecule has 5 rings (SSSR count). The average Bonchev–Trinajstić information content (AvgIpc) is 2.88. The van der Waals surface area contributed by atoms with Crippen molar-refractivity contribution >= 4 is 11.9 Å². The monoisotopic (exact) mass is 444 g/mol. The van der Waals surface area contributed by atoms with Crippen molar-refractivity contribution in [3.05, 3.63) is 143 Å². The molecule has 0 bridgehead atoms. The van der Waals surface area contributed by atoms with Gasteiger partial charge in [0.2, 0.25) is 0 Å². The third-order valence-corrected chi connectivity index (χ3v) is 6.61. The second-order valence-electron chi connectivity index (χ2n) is 8.78. The summed E-state index contributed by atoms with van der Waals surface area (Å²) >= 11 is 0. The standard InChI is InChI=1S/C31H28N2O/c1-24-12-11-19-29(32-24)22-25-23-33(21-20-30(25)34)31(26-13-5-2-6-14-26,27-15-7-3-8-16-27)28-17-9-4-10-18-28/h2-19,22H,20-21,23H2,1H3/b25-22+. The molecule has 0 radical (unpaired) electrons. The summed E-state index contributed by atoms with van der Waals surface area (Å²) in [5, 5.41) is 0. The number of ketones is 1. The van der Waals surface area contributed by atoms with Crippen LogP contribution in [0.2, 0.25) is 0 Å². The summed E-state index contributed by atoms with van der Waals surface area (Å²) in [6.07, 6.45) is 2.44. The molecule has 0 spiro atoms. The summed E-state index contributed by atoms with van der Waals surface area (Å²) in [7, 11) is 0. The highest BCUT2D eigenvalue weighted by Crippen LogP contribution is 2.43. The van der Waals surface area contributed by atoms with E-state index in [2.05, 4.69) is 101 Å². The topological polar surface area (TPSA) is 33.2 Å². The minimum Gasteiger partial charge on any atom is -0.294 e. The number of carbonyl (C=O) groups is 1. The van der Waals surface area contributed by atoms with Gasteiger partial charge >= 0.3 is 0 Å². The summed E-state index contributed by atoms with van der Waals surface area (Å²) in [6.45, 7) is 3.20. The molecule has 0 atom stereocenters. The SMILES string of the molecule is Cc1cccc(/C=C2\CN(C(c3ccccc3)(c3ccccc3)c3ccccc3)CCC2=O)n1. The fourth-order valence-electron chi connectivity index (χ4n) is 5.09. The number of piperidine rings is 1. The van der Waals surface area contributed by atoms with Gasteiger partial charge in [-0.2, -0.15) is 0 Å². The van der Waals surface area contributed by atoms with Gasteiger partial charge in [0.1, 0.15) is 0 Å². The number of rotatable bonds is 5. The lowest BCUT2D eigenvalue weighted by atomic mass is 9.74. The maximum atomic E-state index is 13.0. The number of carbonyl (C=O) groups excluding carboxylic acids is 1. The Balaban J connectivity index is 1.70. The van der Waals surface area contributed by atoms with Crippen LogP contribution in [0.15, 0.2) is 115 Å². The average molecular weight is 445 g/mol. The van der Waals surface area contributed by atoms with E-state index in [-0.39, 0.29) is 5.78 Å². The van der Waals surface area contributed by atoms with Crippen molar-refractivity contribution in [2.75, 3.05) is 13.1 Å². The first-order valence-corrected chi connectivity index (χ1v) is 11.8. The minimum atomic E-state index is -0.524. The molecule has 3 heteroatoms. The van der Waals surface area contributed by atoms with E-state index in [1.165, 1.54) is 16.7 Å². The number of pyridine rings is 1. The Morgan fingerprint density at radius 3 is 1.76 bits per heavy atom. The van der Waals surface area contributed by atoms with Crippen LogP contribution in [-0.4, -0.2) is 28.8 Å². The highest BCUT2D eigenvalue weighted by Gasteiger charge is 2.44. The van der Waals surface area contributed by atoms with E-state index in [9.17, 15) is 4.79 Å². The van der Waals surface area contributed by atoms with Gasteiger partial charge in [0.25, 0.3) is 0 Å². The van der Waals surface area contributed by atoms with Gasteiger partial charge in [-0.3, -0.25) is 14.7 Å². The van der Waals surface area contributed by atoms with Gasteiger partial charge in [-0.05, 0) is 41.8 Å². The fourth-order valence-corrected chi connectivity index (χ4v) is 5.09. The molecule has 3 aromatic carbocycles. The molecule has 0 N–H and O–H groups in total. The second kappa shape index (κ2) is 9.58. The molecule has 0 unspecified atom stereocenters. The summed E-state index contributed by atoms with van der Waals surface area (Å²) in [6, 6.07) is 37.8. The van der Waals surface area contributed by atoms with Crippen molar-refractivity contribution < 1.29 is 4.79 Å². The van der Waals surface area contributed by atoms with Crippen LogP contribution in [0.5, 0.6) is 0 Å². The molecule has 34 heavy (non-hydrogen) atoms.